The summed E-state index contributed by atoms with van der Waals surface area (Å²) < 4.78 is 0. The van der Waals surface area contributed by atoms with Gasteiger partial charge in [0.2, 0.25) is 0 Å². The first kappa shape index (κ1) is 13.9. The Morgan fingerprint density at radius 1 is 1.00 bits per heavy atom. The van der Waals surface area contributed by atoms with Gasteiger partial charge < -0.3 is 10.8 Å². The Morgan fingerprint density at radius 3 is 1.79 bits per heavy atom. The molecule has 14 heavy (non-hydrogen) atoms. The van der Waals surface area contributed by atoms with E-state index in [4.69, 9.17) is 0 Å². The van der Waals surface area contributed by atoms with E-state index in [0.717, 1.165) is 12.8 Å². The van der Waals surface area contributed by atoms with E-state index in [0.29, 0.717) is 5.92 Å². The molecule has 0 aromatic heterocycles. The summed E-state index contributed by atoms with van der Waals surface area (Å²) in [6, 6.07) is 0. The Bertz CT molecular complexity index is 126. The lowest BCUT2D eigenvalue weighted by Crippen LogP contribution is -2.23. The second-order valence-electron chi connectivity index (χ2n) is 3.94. The molecule has 2 aliphatic rings. The number of aliphatic hydroxyl groups is 1. The third-order valence-corrected chi connectivity index (χ3v) is 3.13. The van der Waals surface area contributed by atoms with Gasteiger partial charge >= 0.3 is 0 Å². The summed E-state index contributed by atoms with van der Waals surface area (Å²) in [6.45, 7) is 4.00. The number of nitrogens with two attached hydrogens (primary N) is 1. The first-order valence-corrected chi connectivity index (χ1v) is 6.11. The predicted octanol–water partition coefficient (Wildman–Crippen LogP) is 2.69. The molecule has 2 aliphatic carbocycles. The average molecular weight is 201 g/mol. The van der Waals surface area contributed by atoms with Crippen LogP contribution >= 0.6 is 0 Å². The maximum absolute atomic E-state index is 9.75. The van der Waals surface area contributed by atoms with Gasteiger partial charge in [-0.15, -0.1) is 0 Å². The van der Waals surface area contributed by atoms with Crippen molar-refractivity contribution in [3.8, 4) is 0 Å². The normalized spacial score (nSPS) is 23.8. The highest BCUT2D eigenvalue weighted by Crippen LogP contribution is 2.47. The van der Waals surface area contributed by atoms with Crippen LogP contribution in [0.1, 0.15) is 58.8 Å². The van der Waals surface area contributed by atoms with Crippen LogP contribution < -0.4 is 5.73 Å². The molecule has 2 rings (SSSR count). The molecule has 0 unspecified atom stereocenters. The molecular weight excluding hydrogens is 174 g/mol. The average Bonchev–Trinajstić information content (AvgIpc) is 3.05. The molecule has 0 radical (unpaired) electrons. The Hall–Kier alpha value is -0.0800. The molecule has 0 saturated heterocycles. The summed E-state index contributed by atoms with van der Waals surface area (Å²) in [4.78, 5) is 0. The summed E-state index contributed by atoms with van der Waals surface area (Å²) in [5.74, 6) is 0.668. The van der Waals surface area contributed by atoms with Crippen LogP contribution in [-0.4, -0.2) is 17.8 Å². The van der Waals surface area contributed by atoms with Crippen molar-refractivity contribution in [2.24, 2.45) is 11.7 Å². The van der Waals surface area contributed by atoms with Gasteiger partial charge in [0, 0.05) is 0 Å². The van der Waals surface area contributed by atoms with Gasteiger partial charge in [-0.25, -0.2) is 0 Å². The smallest absolute Gasteiger partial charge is 0.0678 e. The van der Waals surface area contributed by atoms with Gasteiger partial charge in [0.15, 0.2) is 0 Å². The van der Waals surface area contributed by atoms with Gasteiger partial charge in [-0.05, 0) is 38.6 Å². The molecule has 0 spiro atoms. The first-order chi connectivity index (χ1) is 6.81. The van der Waals surface area contributed by atoms with E-state index in [1.165, 1.54) is 39.2 Å². The Balaban J connectivity index is 0.000000379. The summed E-state index contributed by atoms with van der Waals surface area (Å²) in [7, 11) is 1.50. The Labute approximate surface area is 88.9 Å². The standard InChI is InChI=1S/C9H16O.C2H6.CH5N/c10-9(6-7-9)8-4-2-1-3-5-8;2*1-2/h8,10H,1-7H2;1-2H3;2H2,1H3. The molecule has 3 N–H and O–H groups in total. The van der Waals surface area contributed by atoms with Gasteiger partial charge in [0.1, 0.15) is 0 Å². The van der Waals surface area contributed by atoms with Crippen LogP contribution in [-0.2, 0) is 0 Å². The highest BCUT2D eigenvalue weighted by atomic mass is 16.3. The molecule has 2 saturated carbocycles. The first-order valence-electron chi connectivity index (χ1n) is 6.11. The van der Waals surface area contributed by atoms with Crippen LogP contribution in [0.4, 0.5) is 0 Å². The van der Waals surface area contributed by atoms with Crippen molar-refractivity contribution in [2.75, 3.05) is 7.05 Å². The van der Waals surface area contributed by atoms with Gasteiger partial charge in [-0.1, -0.05) is 33.1 Å². The monoisotopic (exact) mass is 201 g/mol. The molecule has 0 aromatic carbocycles. The van der Waals surface area contributed by atoms with Gasteiger partial charge in [-0.3, -0.25) is 0 Å². The Morgan fingerprint density at radius 2 is 1.43 bits per heavy atom. The third-order valence-electron chi connectivity index (χ3n) is 3.13. The summed E-state index contributed by atoms with van der Waals surface area (Å²) in [5.41, 5.74) is 4.32. The number of hydrogen-bond donors (Lipinski definition) is 2. The summed E-state index contributed by atoms with van der Waals surface area (Å²) in [5, 5.41) is 9.75. The zero-order chi connectivity index (χ0) is 11.0. The lowest BCUT2D eigenvalue weighted by Gasteiger charge is -2.26. The van der Waals surface area contributed by atoms with Crippen molar-refractivity contribution in [2.45, 2.75) is 64.4 Å². The van der Waals surface area contributed by atoms with Crippen molar-refractivity contribution >= 4 is 0 Å². The maximum atomic E-state index is 9.75. The van der Waals surface area contributed by atoms with Crippen LogP contribution in [0, 0.1) is 5.92 Å². The molecule has 2 nitrogen and oxygen atoms in total. The molecule has 0 aromatic rings. The summed E-state index contributed by atoms with van der Waals surface area (Å²) >= 11 is 0. The van der Waals surface area contributed by atoms with Crippen LogP contribution in [0.15, 0.2) is 0 Å². The minimum absolute atomic E-state index is 0.180. The fraction of sp³-hybridized carbons (Fsp3) is 1.00. The van der Waals surface area contributed by atoms with Crippen LogP contribution in [0.2, 0.25) is 0 Å². The van der Waals surface area contributed by atoms with Crippen LogP contribution in [0.5, 0.6) is 0 Å². The fourth-order valence-electron chi connectivity index (χ4n) is 2.18. The van der Waals surface area contributed by atoms with Crippen molar-refractivity contribution in [3.05, 3.63) is 0 Å². The highest BCUT2D eigenvalue weighted by Gasteiger charge is 2.47. The quantitative estimate of drug-likeness (QED) is 0.685. The van der Waals surface area contributed by atoms with Crippen molar-refractivity contribution in [1.82, 2.24) is 0 Å². The lowest BCUT2D eigenvalue weighted by atomic mass is 9.84. The second kappa shape index (κ2) is 7.24. The second-order valence-corrected chi connectivity index (χ2v) is 3.94. The maximum Gasteiger partial charge on any atom is 0.0678 e. The zero-order valence-electron chi connectivity index (χ0n) is 10.1. The molecule has 0 heterocycles. The van der Waals surface area contributed by atoms with Crippen LogP contribution in [0.25, 0.3) is 0 Å². The number of rotatable bonds is 1. The number of hydrogen-bond acceptors (Lipinski definition) is 2. The van der Waals surface area contributed by atoms with Gasteiger partial charge in [0.25, 0.3) is 0 Å². The molecule has 86 valence electrons. The van der Waals surface area contributed by atoms with E-state index in [-0.39, 0.29) is 5.60 Å². The van der Waals surface area contributed by atoms with Crippen molar-refractivity contribution < 1.29 is 5.11 Å². The van der Waals surface area contributed by atoms with Crippen molar-refractivity contribution in [3.63, 3.8) is 0 Å². The van der Waals surface area contributed by atoms with Crippen LogP contribution in [0.3, 0.4) is 0 Å². The molecule has 0 aliphatic heterocycles. The van der Waals surface area contributed by atoms with E-state index >= 15 is 0 Å². The highest BCUT2D eigenvalue weighted by molar-refractivity contribution is 4.99. The largest absolute Gasteiger partial charge is 0.390 e. The molecule has 0 amide bonds. The SMILES string of the molecule is CC.CN.OC1(C2CCCCC2)CC1. The third kappa shape index (κ3) is 3.97. The molecule has 2 heteroatoms. The summed E-state index contributed by atoms with van der Waals surface area (Å²) in [6.07, 6.45) is 8.84. The van der Waals surface area contributed by atoms with Crippen molar-refractivity contribution in [1.29, 1.82) is 0 Å². The topological polar surface area (TPSA) is 46.2 Å². The van der Waals surface area contributed by atoms with E-state index in [2.05, 4.69) is 5.73 Å². The Kier molecular flexibility index (Phi) is 7.20. The van der Waals surface area contributed by atoms with Gasteiger partial charge in [0.05, 0.1) is 5.60 Å². The fourth-order valence-corrected chi connectivity index (χ4v) is 2.18. The van der Waals surface area contributed by atoms with E-state index in [9.17, 15) is 5.11 Å². The minimum Gasteiger partial charge on any atom is -0.390 e. The van der Waals surface area contributed by atoms with Gasteiger partial charge in [-0.2, -0.15) is 0 Å². The molecular formula is C12H27NO. The molecule has 2 fully saturated rings. The predicted molar refractivity (Wildman–Crippen MR) is 62.2 cm³/mol. The molecule has 0 atom stereocenters. The minimum atomic E-state index is -0.180. The zero-order valence-corrected chi connectivity index (χ0v) is 10.1. The molecule has 0 bridgehead atoms. The lowest BCUT2D eigenvalue weighted by molar-refractivity contribution is 0.0608. The van der Waals surface area contributed by atoms with E-state index < -0.39 is 0 Å². The van der Waals surface area contributed by atoms with E-state index in [1.54, 1.807) is 0 Å². The van der Waals surface area contributed by atoms with E-state index in [1.807, 2.05) is 13.8 Å².